The van der Waals surface area contributed by atoms with Crippen molar-refractivity contribution < 1.29 is 16.8 Å². The Bertz CT molecular complexity index is 1230. The number of aromatic nitrogens is 4. The van der Waals surface area contributed by atoms with Gasteiger partial charge in [-0.3, -0.25) is 4.98 Å². The summed E-state index contributed by atoms with van der Waals surface area (Å²) in [4.78, 5) is 4.26. The van der Waals surface area contributed by atoms with Crippen molar-refractivity contribution in [3.8, 4) is 0 Å². The van der Waals surface area contributed by atoms with E-state index in [4.69, 9.17) is 11.6 Å². The van der Waals surface area contributed by atoms with Crippen molar-refractivity contribution >= 4 is 31.5 Å². The number of hydrogen-bond acceptors (Lipinski definition) is 7. The van der Waals surface area contributed by atoms with Crippen molar-refractivity contribution in [2.24, 2.45) is 0 Å². The van der Waals surface area contributed by atoms with Gasteiger partial charge in [-0.25, -0.2) is 21.6 Å². The average Bonchev–Trinajstić information content (AvgIpc) is 3.13. The van der Waals surface area contributed by atoms with Crippen LogP contribution in [0.4, 0.5) is 0 Å². The lowest BCUT2D eigenvalue weighted by molar-refractivity contribution is 0.510. The van der Waals surface area contributed by atoms with Crippen molar-refractivity contribution in [1.82, 2.24) is 24.5 Å². The summed E-state index contributed by atoms with van der Waals surface area (Å²) >= 11 is 5.85. The molecule has 0 aliphatic rings. The van der Waals surface area contributed by atoms with Crippen LogP contribution in [0.25, 0.3) is 0 Å². The van der Waals surface area contributed by atoms with Gasteiger partial charge in [-0.2, -0.15) is 0 Å². The number of sulfonamides is 1. The fourth-order valence-electron chi connectivity index (χ4n) is 2.91. The van der Waals surface area contributed by atoms with E-state index in [9.17, 15) is 16.8 Å². The summed E-state index contributed by atoms with van der Waals surface area (Å²) in [6, 6.07) is 10.1. The molecule has 0 fully saturated rings. The fraction of sp³-hybridized carbons (Fsp3) is 0.278. The molecular formula is C18H20ClN5O4S2. The Morgan fingerprint density at radius 2 is 1.77 bits per heavy atom. The Balaban J connectivity index is 2.06. The molecule has 9 nitrogen and oxygen atoms in total. The zero-order valence-corrected chi connectivity index (χ0v) is 18.6. The number of pyridine rings is 1. The molecule has 0 saturated carbocycles. The van der Waals surface area contributed by atoms with Crippen molar-refractivity contribution in [2.75, 3.05) is 6.26 Å². The monoisotopic (exact) mass is 469 g/mol. The second kappa shape index (κ2) is 8.80. The Morgan fingerprint density at radius 3 is 2.33 bits per heavy atom. The van der Waals surface area contributed by atoms with E-state index in [1.807, 2.05) is 0 Å². The highest BCUT2D eigenvalue weighted by molar-refractivity contribution is 7.90. The van der Waals surface area contributed by atoms with Gasteiger partial charge >= 0.3 is 0 Å². The van der Waals surface area contributed by atoms with E-state index >= 15 is 0 Å². The van der Waals surface area contributed by atoms with Crippen LogP contribution in [0.5, 0.6) is 0 Å². The summed E-state index contributed by atoms with van der Waals surface area (Å²) in [5.41, 5.74) is 0.605. The van der Waals surface area contributed by atoms with Gasteiger partial charge in [0.2, 0.25) is 25.0 Å². The van der Waals surface area contributed by atoms with E-state index in [0.29, 0.717) is 10.7 Å². The number of benzene rings is 1. The summed E-state index contributed by atoms with van der Waals surface area (Å²) in [7, 11) is -7.61. The minimum absolute atomic E-state index is 0.0174. The predicted molar refractivity (Wildman–Crippen MR) is 111 cm³/mol. The van der Waals surface area contributed by atoms with Crippen LogP contribution in [-0.2, 0) is 32.8 Å². The third-order valence-corrected chi connectivity index (χ3v) is 6.97. The van der Waals surface area contributed by atoms with Crippen LogP contribution >= 0.6 is 11.6 Å². The molecule has 0 aliphatic carbocycles. The third kappa shape index (κ3) is 5.04. The van der Waals surface area contributed by atoms with Crippen LogP contribution in [0.2, 0.25) is 5.02 Å². The van der Waals surface area contributed by atoms with Crippen LogP contribution in [0.1, 0.15) is 24.5 Å². The van der Waals surface area contributed by atoms with Gasteiger partial charge in [0.25, 0.3) is 0 Å². The molecule has 1 atom stereocenters. The summed E-state index contributed by atoms with van der Waals surface area (Å²) in [5.74, 6) is 0.182. The topological polar surface area (TPSA) is 124 Å². The largest absolute Gasteiger partial charge is 0.301 e. The minimum atomic E-state index is -3.96. The van der Waals surface area contributed by atoms with E-state index in [1.165, 1.54) is 28.8 Å². The molecule has 3 rings (SSSR count). The number of nitrogens with one attached hydrogen (secondary N) is 1. The van der Waals surface area contributed by atoms with Crippen LogP contribution in [-0.4, -0.2) is 42.8 Å². The minimum Gasteiger partial charge on any atom is -0.301 e. The molecule has 0 aliphatic heterocycles. The Labute approximate surface area is 180 Å². The van der Waals surface area contributed by atoms with Crippen LogP contribution in [0.3, 0.4) is 0 Å². The number of sulfone groups is 1. The fourth-order valence-corrected chi connectivity index (χ4v) is 5.04. The lowest BCUT2D eigenvalue weighted by Gasteiger charge is -2.19. The van der Waals surface area contributed by atoms with Crippen LogP contribution in [0.15, 0.2) is 58.7 Å². The molecule has 0 amide bonds. The van der Waals surface area contributed by atoms with Gasteiger partial charge in [0.05, 0.1) is 10.9 Å². The smallest absolute Gasteiger partial charge is 0.249 e. The number of hydrogen-bond donors (Lipinski definition) is 1. The number of rotatable bonds is 8. The predicted octanol–water partition coefficient (Wildman–Crippen LogP) is 2.01. The number of halogens is 1. The Kier molecular flexibility index (Phi) is 6.56. The van der Waals surface area contributed by atoms with Gasteiger partial charge < -0.3 is 4.57 Å². The zero-order valence-electron chi connectivity index (χ0n) is 16.2. The molecule has 160 valence electrons. The van der Waals surface area contributed by atoms with Crippen molar-refractivity contribution in [1.29, 1.82) is 0 Å². The molecule has 12 heteroatoms. The van der Waals surface area contributed by atoms with E-state index in [2.05, 4.69) is 19.9 Å². The number of nitrogens with zero attached hydrogens (tertiary/aromatic N) is 4. The normalized spacial score (nSPS) is 13.3. The molecule has 0 saturated heterocycles. The first-order valence-corrected chi connectivity index (χ1v) is 12.7. The molecule has 0 spiro atoms. The second-order valence-corrected chi connectivity index (χ2v) is 10.6. The molecule has 0 radical (unpaired) electrons. The molecule has 1 N–H and O–H groups in total. The molecule has 2 aromatic heterocycles. The molecular weight excluding hydrogens is 450 g/mol. The van der Waals surface area contributed by atoms with Gasteiger partial charge in [0.1, 0.15) is 0 Å². The highest BCUT2D eigenvalue weighted by Crippen LogP contribution is 2.23. The Hall–Kier alpha value is -2.34. The molecule has 1 unspecified atom stereocenters. The highest BCUT2D eigenvalue weighted by atomic mass is 35.5. The molecule has 2 heterocycles. The van der Waals surface area contributed by atoms with Gasteiger partial charge in [-0.1, -0.05) is 17.7 Å². The summed E-state index contributed by atoms with van der Waals surface area (Å²) in [5, 5.41) is 7.97. The maximum atomic E-state index is 13.0. The molecule has 3 aromatic rings. The van der Waals surface area contributed by atoms with E-state index in [0.717, 1.165) is 6.26 Å². The lowest BCUT2D eigenvalue weighted by atomic mass is 10.1. The molecule has 30 heavy (non-hydrogen) atoms. The first-order valence-electron chi connectivity index (χ1n) is 8.93. The average molecular weight is 470 g/mol. The first-order chi connectivity index (χ1) is 14.1. The van der Waals surface area contributed by atoms with Gasteiger partial charge in [-0.05, 0) is 43.3 Å². The molecule has 1 aromatic carbocycles. The Morgan fingerprint density at radius 1 is 1.07 bits per heavy atom. The van der Waals surface area contributed by atoms with Gasteiger partial charge in [0, 0.05) is 36.1 Å². The first kappa shape index (κ1) is 22.3. The van der Waals surface area contributed by atoms with Crippen molar-refractivity contribution in [3.63, 3.8) is 0 Å². The van der Waals surface area contributed by atoms with Gasteiger partial charge in [-0.15, -0.1) is 10.2 Å². The van der Waals surface area contributed by atoms with Crippen LogP contribution < -0.4 is 4.72 Å². The second-order valence-electron chi connectivity index (χ2n) is 6.51. The maximum Gasteiger partial charge on any atom is 0.249 e. The van der Waals surface area contributed by atoms with E-state index in [-0.39, 0.29) is 28.8 Å². The SMILES string of the molecule is CCn1c(C(Cc2ccccn2)NS(=O)(=O)c2ccc(Cl)cc2)nnc1S(C)(=O)=O. The summed E-state index contributed by atoms with van der Waals surface area (Å²) < 4.78 is 54.0. The molecule has 0 bridgehead atoms. The van der Waals surface area contributed by atoms with E-state index in [1.54, 1.807) is 31.3 Å². The standard InChI is InChI=1S/C18H20ClN5O4S2/c1-3-24-17(21-22-18(24)29(2,25)26)16(12-14-6-4-5-11-20-14)23-30(27,28)15-9-7-13(19)8-10-15/h4-11,16,23H,3,12H2,1-2H3. The van der Waals surface area contributed by atoms with Crippen molar-refractivity contribution in [3.05, 3.63) is 65.2 Å². The van der Waals surface area contributed by atoms with E-state index < -0.39 is 25.9 Å². The maximum absolute atomic E-state index is 13.0. The highest BCUT2D eigenvalue weighted by Gasteiger charge is 2.29. The summed E-state index contributed by atoms with van der Waals surface area (Å²) in [6.07, 6.45) is 2.76. The summed E-state index contributed by atoms with van der Waals surface area (Å²) in [6.45, 7) is 1.97. The quantitative estimate of drug-likeness (QED) is 0.535. The van der Waals surface area contributed by atoms with Crippen molar-refractivity contribution in [2.45, 2.75) is 36.0 Å². The van der Waals surface area contributed by atoms with Gasteiger partial charge in [0.15, 0.2) is 5.82 Å². The van der Waals surface area contributed by atoms with Crippen LogP contribution in [0, 0.1) is 0 Å². The zero-order chi connectivity index (χ0) is 21.9. The third-order valence-electron chi connectivity index (χ3n) is 4.27. The lowest BCUT2D eigenvalue weighted by Crippen LogP contribution is -2.32.